The van der Waals surface area contributed by atoms with Crippen LogP contribution in [0.1, 0.15) is 26.3 Å². The van der Waals surface area contributed by atoms with Gasteiger partial charge in [0.1, 0.15) is 10.1 Å². The van der Waals surface area contributed by atoms with Crippen LogP contribution in [0.4, 0.5) is 10.5 Å². The highest BCUT2D eigenvalue weighted by Crippen LogP contribution is 2.33. The van der Waals surface area contributed by atoms with Crippen LogP contribution in [0.2, 0.25) is 0 Å². The van der Waals surface area contributed by atoms with Gasteiger partial charge >= 0.3 is 12.1 Å². The molecule has 0 fully saturated rings. The molecule has 9 heteroatoms. The summed E-state index contributed by atoms with van der Waals surface area (Å²) in [6.45, 7) is 5.15. The highest BCUT2D eigenvalue weighted by atomic mass is 79.9. The lowest BCUT2D eigenvalue weighted by molar-refractivity contribution is -0.383. The summed E-state index contributed by atoms with van der Waals surface area (Å²) in [4.78, 5) is 35.0. The summed E-state index contributed by atoms with van der Waals surface area (Å²) in [6.07, 6.45) is 2.06. The topological polar surface area (TPSA) is 101 Å². The lowest BCUT2D eigenvalue weighted by Gasteiger charge is -2.19. The number of non-ortho nitro benzene ring substituents is 1. The molecule has 0 unspecified atom stereocenters. The van der Waals surface area contributed by atoms with Crippen molar-refractivity contribution in [1.82, 2.24) is 4.57 Å². The van der Waals surface area contributed by atoms with E-state index in [1.807, 2.05) is 0 Å². The Bertz CT molecular complexity index is 923. The second-order valence-corrected chi connectivity index (χ2v) is 7.20. The molecular weight excluding hydrogens is 408 g/mol. The summed E-state index contributed by atoms with van der Waals surface area (Å²) in [5.41, 5.74) is -0.335. The van der Waals surface area contributed by atoms with Gasteiger partial charge in [0.25, 0.3) is 5.69 Å². The van der Waals surface area contributed by atoms with Crippen molar-refractivity contribution in [3.05, 3.63) is 44.6 Å². The highest BCUT2D eigenvalue weighted by Gasteiger charge is 2.24. The van der Waals surface area contributed by atoms with Gasteiger partial charge in [-0.3, -0.25) is 14.7 Å². The molecule has 2 aromatic rings. The fourth-order valence-corrected chi connectivity index (χ4v) is 2.72. The van der Waals surface area contributed by atoms with E-state index in [0.717, 1.165) is 0 Å². The first kappa shape index (κ1) is 19.6. The van der Waals surface area contributed by atoms with Gasteiger partial charge in [-0.05, 0) is 48.8 Å². The molecule has 138 valence electrons. The first-order chi connectivity index (χ1) is 12.0. The van der Waals surface area contributed by atoms with E-state index in [4.69, 9.17) is 4.74 Å². The third-order valence-electron chi connectivity index (χ3n) is 3.29. The predicted molar refractivity (Wildman–Crippen MR) is 99.1 cm³/mol. The highest BCUT2D eigenvalue weighted by molar-refractivity contribution is 9.12. The van der Waals surface area contributed by atoms with E-state index in [9.17, 15) is 19.7 Å². The number of esters is 1. The standard InChI is InChI=1S/C17H17BrN2O6/c1-17(2,3)26-16(22)19-9-10(8-11(18)15(21)25-4)14-12(19)6-5-7-13(14)20(23)24/h5-9H,1-4H3/b11-8-. The van der Waals surface area contributed by atoms with E-state index < -0.39 is 22.6 Å². The number of halogens is 1. The quantitative estimate of drug-likeness (QED) is 0.316. The molecule has 2 rings (SSSR count). The maximum Gasteiger partial charge on any atom is 0.419 e. The number of methoxy groups -OCH3 is 1. The van der Waals surface area contributed by atoms with Crippen molar-refractivity contribution < 1.29 is 24.0 Å². The number of nitrogens with zero attached hydrogens (tertiary/aromatic N) is 2. The summed E-state index contributed by atoms with van der Waals surface area (Å²) in [5, 5.41) is 11.6. The second kappa shape index (κ2) is 7.28. The van der Waals surface area contributed by atoms with E-state index in [1.165, 1.54) is 36.1 Å². The number of benzene rings is 1. The molecule has 0 aliphatic carbocycles. The molecule has 0 amide bonds. The van der Waals surface area contributed by atoms with Gasteiger partial charge in [0.15, 0.2) is 0 Å². The zero-order valence-corrected chi connectivity index (χ0v) is 16.2. The number of hydrogen-bond acceptors (Lipinski definition) is 6. The van der Waals surface area contributed by atoms with E-state index in [0.29, 0.717) is 11.1 Å². The molecule has 0 aliphatic heterocycles. The fourth-order valence-electron chi connectivity index (χ4n) is 2.31. The summed E-state index contributed by atoms with van der Waals surface area (Å²) in [5.74, 6) is -0.651. The van der Waals surface area contributed by atoms with E-state index >= 15 is 0 Å². The van der Waals surface area contributed by atoms with Crippen molar-refractivity contribution in [2.24, 2.45) is 0 Å². The molecule has 0 aliphatic rings. The molecule has 8 nitrogen and oxygen atoms in total. The average Bonchev–Trinajstić information content (AvgIpc) is 2.91. The smallest absolute Gasteiger partial charge is 0.419 e. The monoisotopic (exact) mass is 424 g/mol. The first-order valence-electron chi connectivity index (χ1n) is 7.52. The number of aromatic nitrogens is 1. The molecule has 0 saturated carbocycles. The number of rotatable bonds is 3. The number of carbonyl (C=O) groups excluding carboxylic acids is 2. The third kappa shape index (κ3) is 4.10. The van der Waals surface area contributed by atoms with Gasteiger partial charge in [-0.15, -0.1) is 0 Å². The van der Waals surface area contributed by atoms with E-state index in [1.54, 1.807) is 26.8 Å². The Morgan fingerprint density at radius 1 is 1.31 bits per heavy atom. The summed E-state index contributed by atoms with van der Waals surface area (Å²) < 4.78 is 11.2. The Balaban J connectivity index is 2.73. The third-order valence-corrected chi connectivity index (χ3v) is 3.84. The molecule has 0 saturated heterocycles. The predicted octanol–water partition coefficient (Wildman–Crippen LogP) is 4.24. The number of nitro groups is 1. The van der Waals surface area contributed by atoms with Crippen LogP contribution in [-0.2, 0) is 14.3 Å². The molecule has 0 spiro atoms. The SMILES string of the molecule is COC(=O)/C(Br)=C/c1cn(C(=O)OC(C)(C)C)c2cccc([N+](=O)[O-])c12. The Hall–Kier alpha value is -2.68. The van der Waals surface area contributed by atoms with Gasteiger partial charge < -0.3 is 9.47 Å². The summed E-state index contributed by atoms with van der Waals surface area (Å²) >= 11 is 3.07. The molecule has 0 atom stereocenters. The van der Waals surface area contributed by atoms with Gasteiger partial charge in [0.05, 0.1) is 22.9 Å². The number of ether oxygens (including phenoxy) is 2. The molecule has 26 heavy (non-hydrogen) atoms. The molecule has 1 aromatic heterocycles. The zero-order valence-electron chi connectivity index (χ0n) is 14.6. The van der Waals surface area contributed by atoms with Crippen molar-refractivity contribution in [3.63, 3.8) is 0 Å². The Morgan fingerprint density at radius 2 is 1.96 bits per heavy atom. The number of carbonyl (C=O) groups is 2. The molecule has 0 N–H and O–H groups in total. The van der Waals surface area contributed by atoms with Crippen LogP contribution in [0.3, 0.4) is 0 Å². The fraction of sp³-hybridized carbons (Fsp3) is 0.294. The molecule has 0 radical (unpaired) electrons. The van der Waals surface area contributed by atoms with Crippen molar-refractivity contribution >= 4 is 50.7 Å². The van der Waals surface area contributed by atoms with Crippen molar-refractivity contribution in [3.8, 4) is 0 Å². The Kier molecular flexibility index (Phi) is 5.50. The van der Waals surface area contributed by atoms with Gasteiger partial charge in [-0.1, -0.05) is 6.07 Å². The van der Waals surface area contributed by atoms with Crippen LogP contribution in [-0.4, -0.2) is 34.3 Å². The lowest BCUT2D eigenvalue weighted by Crippen LogP contribution is -2.26. The normalized spacial score (nSPS) is 12.1. The van der Waals surface area contributed by atoms with Crippen molar-refractivity contribution in [1.29, 1.82) is 0 Å². The summed E-state index contributed by atoms with van der Waals surface area (Å²) in [6, 6.07) is 4.37. The minimum absolute atomic E-state index is 0.0568. The largest absolute Gasteiger partial charge is 0.465 e. The number of nitro benzene ring substituents is 1. The van der Waals surface area contributed by atoms with E-state index in [-0.39, 0.29) is 15.6 Å². The summed E-state index contributed by atoms with van der Waals surface area (Å²) in [7, 11) is 1.21. The Labute approximate surface area is 157 Å². The zero-order chi connectivity index (χ0) is 19.6. The maximum absolute atomic E-state index is 12.5. The Morgan fingerprint density at radius 3 is 2.50 bits per heavy atom. The minimum atomic E-state index is -0.739. The molecule has 1 aromatic carbocycles. The van der Waals surface area contributed by atoms with Gasteiger partial charge in [-0.25, -0.2) is 9.59 Å². The van der Waals surface area contributed by atoms with Crippen LogP contribution >= 0.6 is 15.9 Å². The molecule has 0 bridgehead atoms. The first-order valence-corrected chi connectivity index (χ1v) is 8.32. The van der Waals surface area contributed by atoms with Crippen LogP contribution in [0.15, 0.2) is 28.9 Å². The lowest BCUT2D eigenvalue weighted by atomic mass is 10.1. The van der Waals surface area contributed by atoms with Crippen LogP contribution in [0, 0.1) is 10.1 Å². The van der Waals surface area contributed by atoms with Crippen LogP contribution < -0.4 is 0 Å². The van der Waals surface area contributed by atoms with Crippen LogP contribution in [0.5, 0.6) is 0 Å². The van der Waals surface area contributed by atoms with Crippen molar-refractivity contribution in [2.75, 3.05) is 7.11 Å². The van der Waals surface area contributed by atoms with Gasteiger partial charge in [0.2, 0.25) is 0 Å². The molecular formula is C17H17BrN2O6. The van der Waals surface area contributed by atoms with Gasteiger partial charge in [-0.2, -0.15) is 0 Å². The van der Waals surface area contributed by atoms with Crippen LogP contribution in [0.25, 0.3) is 17.0 Å². The van der Waals surface area contributed by atoms with E-state index in [2.05, 4.69) is 20.7 Å². The maximum atomic E-state index is 12.5. The molecule has 1 heterocycles. The van der Waals surface area contributed by atoms with Crippen molar-refractivity contribution in [2.45, 2.75) is 26.4 Å². The number of hydrogen-bond donors (Lipinski definition) is 0. The minimum Gasteiger partial charge on any atom is -0.465 e. The average molecular weight is 425 g/mol. The second-order valence-electron chi connectivity index (χ2n) is 6.35. The number of fused-ring (bicyclic) bond motifs is 1. The van der Waals surface area contributed by atoms with Gasteiger partial charge in [0, 0.05) is 17.8 Å².